The van der Waals surface area contributed by atoms with Crippen molar-refractivity contribution in [2.45, 2.75) is 76.4 Å². The highest BCUT2D eigenvalue weighted by atomic mass is 32.2. The van der Waals surface area contributed by atoms with E-state index in [9.17, 15) is 4.79 Å². The van der Waals surface area contributed by atoms with Gasteiger partial charge in [0.15, 0.2) is 0 Å². The predicted molar refractivity (Wildman–Crippen MR) is 132 cm³/mol. The first-order chi connectivity index (χ1) is 14.8. The molecule has 0 aromatic heterocycles. The molecule has 2 aromatic carbocycles. The second-order valence-corrected chi connectivity index (χ2v) is 10.8. The zero-order valence-corrected chi connectivity index (χ0v) is 20.3. The molecule has 1 aliphatic carbocycles. The van der Waals surface area contributed by atoms with Crippen molar-refractivity contribution in [2.75, 3.05) is 12.4 Å². The van der Waals surface area contributed by atoms with Gasteiger partial charge in [-0.1, -0.05) is 71.1 Å². The molecule has 0 aliphatic heterocycles. The van der Waals surface area contributed by atoms with Crippen LogP contribution >= 0.6 is 11.8 Å². The molecule has 1 saturated carbocycles. The smallest absolute Gasteiger partial charge is 0.229 e. The van der Waals surface area contributed by atoms with Crippen LogP contribution in [0.1, 0.15) is 70.4 Å². The lowest BCUT2D eigenvalue weighted by atomic mass is 9.85. The van der Waals surface area contributed by atoms with E-state index in [1.54, 1.807) is 18.9 Å². The van der Waals surface area contributed by atoms with Crippen molar-refractivity contribution in [2.24, 2.45) is 11.3 Å². The predicted octanol–water partition coefficient (Wildman–Crippen LogP) is 7.49. The zero-order valence-electron chi connectivity index (χ0n) is 19.5. The fourth-order valence-electron chi connectivity index (χ4n) is 4.01. The van der Waals surface area contributed by atoms with Crippen LogP contribution in [0.2, 0.25) is 0 Å². The molecule has 0 radical (unpaired) electrons. The number of anilines is 1. The van der Waals surface area contributed by atoms with Gasteiger partial charge in [-0.2, -0.15) is 0 Å². The maximum absolute atomic E-state index is 12.7. The minimum absolute atomic E-state index is 0.0729. The van der Waals surface area contributed by atoms with Gasteiger partial charge in [-0.15, -0.1) is 11.8 Å². The largest absolute Gasteiger partial charge is 0.497 e. The molecule has 31 heavy (non-hydrogen) atoms. The Balaban J connectivity index is 1.70. The molecule has 0 heterocycles. The van der Waals surface area contributed by atoms with Gasteiger partial charge in [-0.3, -0.25) is 4.79 Å². The van der Waals surface area contributed by atoms with Gasteiger partial charge in [0.25, 0.3) is 0 Å². The summed E-state index contributed by atoms with van der Waals surface area (Å²) in [6, 6.07) is 14.8. The number of ether oxygens (including phenoxy) is 1. The third-order valence-corrected chi connectivity index (χ3v) is 7.19. The summed E-state index contributed by atoms with van der Waals surface area (Å²) >= 11 is 1.80. The number of aryl methyl sites for hydroxylation is 1. The molecule has 2 aromatic rings. The van der Waals surface area contributed by atoms with Gasteiger partial charge in [0, 0.05) is 21.8 Å². The van der Waals surface area contributed by atoms with Crippen LogP contribution in [-0.4, -0.2) is 13.0 Å². The fourth-order valence-corrected chi connectivity index (χ4v) is 4.90. The Morgan fingerprint density at radius 3 is 2.42 bits per heavy atom. The third kappa shape index (κ3) is 7.31. The highest BCUT2D eigenvalue weighted by Crippen LogP contribution is 2.32. The normalized spacial score (nSPS) is 15.0. The number of carbonyl (C=O) groups excluding carboxylic acids is 1. The van der Waals surface area contributed by atoms with Gasteiger partial charge < -0.3 is 10.1 Å². The molecule has 1 fully saturated rings. The summed E-state index contributed by atoms with van der Waals surface area (Å²) in [6.45, 7) is 5.89. The Hall–Kier alpha value is -1.94. The van der Waals surface area contributed by atoms with Crippen molar-refractivity contribution in [1.82, 2.24) is 0 Å². The van der Waals surface area contributed by atoms with Crippen LogP contribution in [0.25, 0.3) is 0 Å². The van der Waals surface area contributed by atoms with Crippen molar-refractivity contribution in [3.63, 3.8) is 0 Å². The lowest BCUT2D eigenvalue weighted by Gasteiger charge is -2.23. The van der Waals surface area contributed by atoms with E-state index in [0.717, 1.165) is 29.5 Å². The zero-order chi connectivity index (χ0) is 22.3. The Morgan fingerprint density at radius 2 is 1.77 bits per heavy atom. The average molecular weight is 440 g/mol. The molecule has 1 amide bonds. The van der Waals surface area contributed by atoms with Crippen molar-refractivity contribution in [3.8, 4) is 5.75 Å². The number of hydrogen-bond acceptors (Lipinski definition) is 3. The number of carbonyl (C=O) groups is 1. The van der Waals surface area contributed by atoms with Gasteiger partial charge in [-0.05, 0) is 54.2 Å². The summed E-state index contributed by atoms with van der Waals surface area (Å²) in [4.78, 5) is 13.9. The van der Waals surface area contributed by atoms with Gasteiger partial charge in [0.2, 0.25) is 5.91 Å². The van der Waals surface area contributed by atoms with E-state index in [1.165, 1.54) is 54.5 Å². The van der Waals surface area contributed by atoms with Gasteiger partial charge >= 0.3 is 0 Å². The van der Waals surface area contributed by atoms with Gasteiger partial charge in [0.1, 0.15) is 5.75 Å². The first-order valence-corrected chi connectivity index (χ1v) is 12.5. The second-order valence-electron chi connectivity index (χ2n) is 9.70. The van der Waals surface area contributed by atoms with Crippen molar-refractivity contribution in [1.29, 1.82) is 0 Å². The standard InChI is InChI=1S/C27H37NO2S/c1-27(2,3)26(29)28-25-18-24(31-19-21-11-15-23(30-4)16-12-21)17-14-22(25)13-10-20-8-6-5-7-9-20/h11-12,14-18,20H,5-10,13,19H2,1-4H3,(H,28,29). The monoisotopic (exact) mass is 439 g/mol. The Morgan fingerprint density at radius 1 is 1.06 bits per heavy atom. The topological polar surface area (TPSA) is 38.3 Å². The van der Waals surface area contributed by atoms with Crippen molar-refractivity contribution < 1.29 is 9.53 Å². The van der Waals surface area contributed by atoms with Crippen molar-refractivity contribution in [3.05, 3.63) is 53.6 Å². The molecular weight excluding hydrogens is 402 g/mol. The summed E-state index contributed by atoms with van der Waals surface area (Å²) in [5.74, 6) is 2.67. The minimum atomic E-state index is -0.410. The molecule has 0 atom stereocenters. The highest BCUT2D eigenvalue weighted by molar-refractivity contribution is 7.98. The summed E-state index contributed by atoms with van der Waals surface area (Å²) in [5.41, 5.74) is 3.09. The first-order valence-electron chi connectivity index (χ1n) is 11.6. The summed E-state index contributed by atoms with van der Waals surface area (Å²) < 4.78 is 5.24. The lowest BCUT2D eigenvalue weighted by Crippen LogP contribution is -2.28. The molecule has 3 rings (SSSR count). The molecule has 0 spiro atoms. The average Bonchev–Trinajstić information content (AvgIpc) is 2.77. The maximum Gasteiger partial charge on any atom is 0.229 e. The van der Waals surface area contributed by atoms with Crippen LogP contribution < -0.4 is 10.1 Å². The molecule has 0 unspecified atom stereocenters. The molecule has 1 aliphatic rings. The summed E-state index contributed by atoms with van der Waals surface area (Å²) in [7, 11) is 1.69. The van der Waals surface area contributed by atoms with Crippen LogP contribution in [0.15, 0.2) is 47.4 Å². The van der Waals surface area contributed by atoms with E-state index in [-0.39, 0.29) is 5.91 Å². The van der Waals surface area contributed by atoms with E-state index >= 15 is 0 Å². The molecule has 0 saturated heterocycles. The van der Waals surface area contributed by atoms with E-state index in [2.05, 4.69) is 35.6 Å². The lowest BCUT2D eigenvalue weighted by molar-refractivity contribution is -0.123. The number of benzene rings is 2. The number of rotatable bonds is 8. The van der Waals surface area contributed by atoms with Crippen LogP contribution in [0.5, 0.6) is 5.75 Å². The highest BCUT2D eigenvalue weighted by Gasteiger charge is 2.22. The first kappa shape index (κ1) is 23.7. The number of amides is 1. The molecule has 1 N–H and O–H groups in total. The molecule has 168 valence electrons. The van der Waals surface area contributed by atoms with Crippen LogP contribution in [0.3, 0.4) is 0 Å². The van der Waals surface area contributed by atoms with Crippen LogP contribution in [0, 0.1) is 11.3 Å². The van der Waals surface area contributed by atoms with E-state index in [1.807, 2.05) is 32.9 Å². The molecule has 0 bridgehead atoms. The van der Waals surface area contributed by atoms with E-state index in [4.69, 9.17) is 4.74 Å². The quantitative estimate of drug-likeness (QED) is 0.433. The van der Waals surface area contributed by atoms with Crippen LogP contribution in [0.4, 0.5) is 5.69 Å². The number of hydrogen-bond donors (Lipinski definition) is 1. The summed E-state index contributed by atoms with van der Waals surface area (Å²) in [5, 5.41) is 3.22. The second kappa shape index (κ2) is 11.1. The third-order valence-electron chi connectivity index (χ3n) is 6.12. The Kier molecular flexibility index (Phi) is 8.48. The van der Waals surface area contributed by atoms with Crippen LogP contribution in [-0.2, 0) is 17.0 Å². The number of methoxy groups -OCH3 is 1. The summed E-state index contributed by atoms with van der Waals surface area (Å²) in [6.07, 6.45) is 9.12. The van der Waals surface area contributed by atoms with Crippen molar-refractivity contribution >= 4 is 23.4 Å². The SMILES string of the molecule is COc1ccc(CSc2ccc(CCC3CCCCC3)c(NC(=O)C(C)(C)C)c2)cc1. The molecular formula is C27H37NO2S. The van der Waals surface area contributed by atoms with E-state index < -0.39 is 5.41 Å². The maximum atomic E-state index is 12.7. The number of thioether (sulfide) groups is 1. The number of nitrogens with one attached hydrogen (secondary N) is 1. The minimum Gasteiger partial charge on any atom is -0.497 e. The van der Waals surface area contributed by atoms with Gasteiger partial charge in [0.05, 0.1) is 7.11 Å². The van der Waals surface area contributed by atoms with Gasteiger partial charge in [-0.25, -0.2) is 0 Å². The van der Waals surface area contributed by atoms with E-state index in [0.29, 0.717) is 0 Å². The fraction of sp³-hybridized carbons (Fsp3) is 0.519. The molecule has 4 heteroatoms. The molecule has 3 nitrogen and oxygen atoms in total. The Labute approximate surface area is 192 Å². The Bertz CT molecular complexity index is 849.